The van der Waals surface area contributed by atoms with E-state index in [1.54, 1.807) is 28.9 Å². The van der Waals surface area contributed by atoms with E-state index < -0.39 is 0 Å². The van der Waals surface area contributed by atoms with Gasteiger partial charge in [0.1, 0.15) is 18.2 Å². The van der Waals surface area contributed by atoms with Crippen LogP contribution in [-0.4, -0.2) is 70.3 Å². The highest BCUT2D eigenvalue weighted by Gasteiger charge is 2.50. The van der Waals surface area contributed by atoms with E-state index in [1.807, 2.05) is 18.2 Å². The lowest BCUT2D eigenvalue weighted by Gasteiger charge is -2.18. The molecule has 3 aliphatic rings. The Morgan fingerprint density at radius 2 is 1.80 bits per heavy atom. The summed E-state index contributed by atoms with van der Waals surface area (Å²) >= 11 is 0. The van der Waals surface area contributed by atoms with Crippen molar-refractivity contribution in [2.24, 2.45) is 0 Å². The summed E-state index contributed by atoms with van der Waals surface area (Å²) in [5, 5.41) is 17.9. The van der Waals surface area contributed by atoms with Gasteiger partial charge in [-0.1, -0.05) is 0 Å². The maximum atomic E-state index is 12.6. The number of hydrogen-bond acceptors (Lipinski definition) is 9. The van der Waals surface area contributed by atoms with Crippen LogP contribution in [0.1, 0.15) is 23.3 Å². The van der Waals surface area contributed by atoms with E-state index in [0.717, 1.165) is 5.56 Å². The fourth-order valence-electron chi connectivity index (χ4n) is 4.58. The van der Waals surface area contributed by atoms with Crippen LogP contribution in [0.4, 0.5) is 10.5 Å². The number of urea groups is 1. The van der Waals surface area contributed by atoms with Gasteiger partial charge in [-0.05, 0) is 59.8 Å². The molecule has 1 aromatic heterocycles. The first-order valence-corrected chi connectivity index (χ1v) is 11.2. The van der Waals surface area contributed by atoms with Crippen molar-refractivity contribution in [3.63, 3.8) is 0 Å². The molecular formula is C23H22N6O6. The molecule has 6 rings (SSSR count). The maximum Gasteiger partial charge on any atom is 0.319 e. The zero-order valence-corrected chi connectivity index (χ0v) is 18.7. The monoisotopic (exact) mass is 478 g/mol. The van der Waals surface area contributed by atoms with Gasteiger partial charge in [0, 0.05) is 16.8 Å². The van der Waals surface area contributed by atoms with Gasteiger partial charge >= 0.3 is 6.03 Å². The average Bonchev–Trinajstić information content (AvgIpc) is 3.64. The highest BCUT2D eigenvalue weighted by molar-refractivity contribution is 5.95. The van der Waals surface area contributed by atoms with Crippen LogP contribution < -0.4 is 20.1 Å². The van der Waals surface area contributed by atoms with Crippen molar-refractivity contribution in [3.05, 3.63) is 48.0 Å². The van der Waals surface area contributed by atoms with Crippen LogP contribution in [0.15, 0.2) is 42.5 Å². The molecule has 2 saturated heterocycles. The van der Waals surface area contributed by atoms with Gasteiger partial charge < -0.3 is 29.6 Å². The highest BCUT2D eigenvalue weighted by Crippen LogP contribution is 2.38. The van der Waals surface area contributed by atoms with Gasteiger partial charge in [-0.3, -0.25) is 4.79 Å². The first-order chi connectivity index (χ1) is 17.1. The van der Waals surface area contributed by atoms with Crippen LogP contribution in [-0.2, 0) is 9.47 Å². The van der Waals surface area contributed by atoms with Gasteiger partial charge in [0.15, 0.2) is 23.1 Å². The Kier molecular flexibility index (Phi) is 5.30. The number of ether oxygens (including phenoxy) is 4. The molecule has 0 radical (unpaired) electrons. The highest BCUT2D eigenvalue weighted by atomic mass is 16.7. The molecule has 180 valence electrons. The van der Waals surface area contributed by atoms with Crippen molar-refractivity contribution in [1.29, 1.82) is 0 Å². The minimum absolute atomic E-state index is 0.0349. The number of anilines is 1. The molecule has 0 spiro atoms. The summed E-state index contributed by atoms with van der Waals surface area (Å²) in [4.78, 5) is 24.0. The van der Waals surface area contributed by atoms with Crippen LogP contribution in [0.25, 0.3) is 11.4 Å². The smallest absolute Gasteiger partial charge is 0.319 e. The normalized spacial score (nSPS) is 24.3. The zero-order chi connectivity index (χ0) is 23.9. The first-order valence-electron chi connectivity index (χ1n) is 11.2. The molecule has 0 aliphatic carbocycles. The molecule has 4 heterocycles. The van der Waals surface area contributed by atoms with Crippen molar-refractivity contribution in [3.8, 4) is 22.9 Å². The molecule has 0 unspecified atom stereocenters. The molecule has 12 nitrogen and oxygen atoms in total. The molecule has 2 amide bonds. The minimum atomic E-state index is -0.384. The molecule has 3 aromatic rings. The largest absolute Gasteiger partial charge is 0.454 e. The van der Waals surface area contributed by atoms with Gasteiger partial charge in [-0.2, -0.15) is 0 Å². The number of nitrogens with one attached hydrogen (secondary N) is 2. The van der Waals surface area contributed by atoms with Crippen molar-refractivity contribution >= 4 is 17.5 Å². The fourth-order valence-corrected chi connectivity index (χ4v) is 4.58. The molecule has 2 N–H and O–H groups in total. The molecule has 0 bridgehead atoms. The molecule has 4 atom stereocenters. The maximum absolute atomic E-state index is 12.6. The van der Waals surface area contributed by atoms with Crippen LogP contribution in [0.5, 0.6) is 11.5 Å². The Morgan fingerprint density at radius 3 is 2.63 bits per heavy atom. The van der Waals surface area contributed by atoms with E-state index in [1.165, 1.54) is 6.92 Å². The number of amides is 2. The number of carbonyl (C=O) groups excluding carboxylic acids is 2. The van der Waals surface area contributed by atoms with Gasteiger partial charge in [0.25, 0.3) is 0 Å². The molecule has 2 fully saturated rings. The summed E-state index contributed by atoms with van der Waals surface area (Å²) in [6.45, 7) is 2.31. The molecule has 12 heteroatoms. The first kappa shape index (κ1) is 21.5. The van der Waals surface area contributed by atoms with E-state index >= 15 is 0 Å². The van der Waals surface area contributed by atoms with Gasteiger partial charge in [0.05, 0.1) is 19.3 Å². The standard InChI is InChI=1S/C23H22N6O6/c1-12(30)13-2-5-15(6-3-13)24-23(31)25-16-9-32-21-17(10-33-20(16)21)29-22(26-27-28-29)14-4-7-18-19(8-14)35-11-34-18/h2-8,16-17,20-21H,9-11H2,1H3,(H2,24,25,31)/t16-,17-,20+,21+/m0/s1. The van der Waals surface area contributed by atoms with E-state index in [2.05, 4.69) is 26.2 Å². The van der Waals surface area contributed by atoms with E-state index in [0.29, 0.717) is 41.8 Å². The van der Waals surface area contributed by atoms with Crippen molar-refractivity contribution in [2.45, 2.75) is 31.2 Å². The SMILES string of the molecule is CC(=O)c1ccc(NC(=O)N[C@H]2CO[C@H]3[C@@H]2OC[C@@H]3n2nnnc2-c2ccc3c(c2)OCO3)cc1. The molecule has 0 saturated carbocycles. The fraction of sp³-hybridized carbons (Fsp3) is 0.348. The Labute approximate surface area is 199 Å². The summed E-state index contributed by atoms with van der Waals surface area (Å²) in [5.41, 5.74) is 1.94. The summed E-state index contributed by atoms with van der Waals surface area (Å²) in [7, 11) is 0. The van der Waals surface area contributed by atoms with E-state index in [-0.39, 0.29) is 42.9 Å². The lowest BCUT2D eigenvalue weighted by Crippen LogP contribution is -2.45. The summed E-state index contributed by atoms with van der Waals surface area (Å²) in [6.07, 6.45) is -0.675. The Hall–Kier alpha value is -4.03. The molecule has 3 aliphatic heterocycles. The zero-order valence-electron chi connectivity index (χ0n) is 18.7. The van der Waals surface area contributed by atoms with Crippen LogP contribution >= 0.6 is 0 Å². The summed E-state index contributed by atoms with van der Waals surface area (Å²) < 4.78 is 24.6. The number of Topliss-reactive ketones (excluding diaryl/α,β-unsaturated/α-hetero) is 1. The van der Waals surface area contributed by atoms with E-state index in [9.17, 15) is 9.59 Å². The number of carbonyl (C=O) groups is 2. The number of benzene rings is 2. The second kappa shape index (κ2) is 8.64. The van der Waals surface area contributed by atoms with Gasteiger partial charge in [0.2, 0.25) is 6.79 Å². The van der Waals surface area contributed by atoms with Gasteiger partial charge in [-0.25, -0.2) is 9.48 Å². The Balaban J connectivity index is 1.13. The Morgan fingerprint density at radius 1 is 1.00 bits per heavy atom. The number of fused-ring (bicyclic) bond motifs is 2. The lowest BCUT2D eigenvalue weighted by atomic mass is 10.1. The Bertz CT molecular complexity index is 1280. The number of rotatable bonds is 5. The predicted octanol–water partition coefficient (Wildman–Crippen LogP) is 1.80. The van der Waals surface area contributed by atoms with Crippen molar-refractivity contribution in [1.82, 2.24) is 25.5 Å². The number of aromatic nitrogens is 4. The molecule has 35 heavy (non-hydrogen) atoms. The van der Waals surface area contributed by atoms with Crippen LogP contribution in [0.3, 0.4) is 0 Å². The van der Waals surface area contributed by atoms with Crippen molar-refractivity contribution in [2.75, 3.05) is 25.3 Å². The third-order valence-electron chi connectivity index (χ3n) is 6.33. The molecular weight excluding hydrogens is 456 g/mol. The summed E-state index contributed by atoms with van der Waals surface area (Å²) in [6, 6.07) is 11.2. The number of nitrogens with zero attached hydrogens (tertiary/aromatic N) is 4. The quantitative estimate of drug-likeness (QED) is 0.526. The van der Waals surface area contributed by atoms with Crippen molar-refractivity contribution < 1.29 is 28.5 Å². The van der Waals surface area contributed by atoms with Gasteiger partial charge in [-0.15, -0.1) is 5.10 Å². The predicted molar refractivity (Wildman–Crippen MR) is 120 cm³/mol. The lowest BCUT2D eigenvalue weighted by molar-refractivity contribution is 0.0624. The second-order valence-corrected chi connectivity index (χ2v) is 8.52. The van der Waals surface area contributed by atoms with Crippen LogP contribution in [0, 0.1) is 0 Å². The average molecular weight is 478 g/mol. The van der Waals surface area contributed by atoms with Crippen LogP contribution in [0.2, 0.25) is 0 Å². The number of ketones is 1. The molecule has 2 aromatic carbocycles. The number of hydrogen-bond donors (Lipinski definition) is 2. The summed E-state index contributed by atoms with van der Waals surface area (Å²) in [5.74, 6) is 1.84. The minimum Gasteiger partial charge on any atom is -0.454 e. The second-order valence-electron chi connectivity index (χ2n) is 8.52. The third kappa shape index (κ3) is 3.96. The number of tetrazole rings is 1. The van der Waals surface area contributed by atoms with E-state index in [4.69, 9.17) is 18.9 Å². The topological polar surface area (TPSA) is 139 Å². The third-order valence-corrected chi connectivity index (χ3v) is 6.33.